The molecule has 0 aliphatic heterocycles. The molecular weight excluding hydrogens is 262 g/mol. The molecule has 2 aromatic rings. The van der Waals surface area contributed by atoms with E-state index in [2.05, 4.69) is 5.32 Å². The molecule has 0 aliphatic rings. The van der Waals surface area contributed by atoms with E-state index in [1.807, 2.05) is 16.8 Å². The van der Waals surface area contributed by atoms with Gasteiger partial charge in [-0.2, -0.15) is 11.3 Å². The van der Waals surface area contributed by atoms with Crippen LogP contribution in [0.4, 0.5) is 0 Å². The molecule has 100 valence electrons. The zero-order valence-corrected chi connectivity index (χ0v) is 11.1. The summed E-state index contributed by atoms with van der Waals surface area (Å²) < 4.78 is 4.89. The summed E-state index contributed by atoms with van der Waals surface area (Å²) in [7, 11) is 0. The summed E-state index contributed by atoms with van der Waals surface area (Å²) in [5.41, 5.74) is 1.74. The lowest BCUT2D eigenvalue weighted by molar-refractivity contribution is -0.116. The molecule has 0 fully saturated rings. The summed E-state index contributed by atoms with van der Waals surface area (Å²) in [4.78, 5) is 11.5. The van der Waals surface area contributed by atoms with Crippen molar-refractivity contribution < 1.29 is 14.3 Å². The molecule has 1 atom stereocenters. The van der Waals surface area contributed by atoms with Gasteiger partial charge in [0, 0.05) is 18.2 Å². The first kappa shape index (κ1) is 13.6. The minimum atomic E-state index is -0.611. The van der Waals surface area contributed by atoms with Crippen molar-refractivity contribution in [2.45, 2.75) is 12.5 Å². The van der Waals surface area contributed by atoms with Gasteiger partial charge in [0.15, 0.2) is 0 Å². The first-order valence-electron chi connectivity index (χ1n) is 5.94. The lowest BCUT2D eigenvalue weighted by Crippen LogP contribution is -2.23. The minimum Gasteiger partial charge on any atom is -0.472 e. The Labute approximate surface area is 115 Å². The number of nitrogens with one attached hydrogen (secondary N) is 1. The molecule has 0 saturated carbocycles. The van der Waals surface area contributed by atoms with Crippen molar-refractivity contribution in [2.75, 3.05) is 6.54 Å². The third kappa shape index (κ3) is 4.39. The number of aliphatic hydroxyl groups excluding tert-OH is 1. The zero-order chi connectivity index (χ0) is 13.5. The Hall–Kier alpha value is -1.85. The lowest BCUT2D eigenvalue weighted by Gasteiger charge is -2.08. The largest absolute Gasteiger partial charge is 0.472 e. The Bertz CT molecular complexity index is 517. The van der Waals surface area contributed by atoms with E-state index in [4.69, 9.17) is 4.42 Å². The Balaban J connectivity index is 1.69. The molecule has 0 aromatic carbocycles. The van der Waals surface area contributed by atoms with E-state index in [9.17, 15) is 9.90 Å². The standard InChI is InChI=1S/C14H15NO3S/c16-13(12-4-7-18-9-12)3-6-15-14(17)2-1-11-5-8-19-10-11/h1-2,4-5,7-10,13,16H,3,6H2,(H,15,17)/b2-1+/t13-/m0/s1. The number of hydrogen-bond donors (Lipinski definition) is 2. The average Bonchev–Trinajstić information content (AvgIpc) is 3.09. The molecule has 0 aliphatic carbocycles. The quantitative estimate of drug-likeness (QED) is 0.798. The van der Waals surface area contributed by atoms with E-state index in [1.54, 1.807) is 23.5 Å². The second kappa shape index (κ2) is 6.92. The maximum atomic E-state index is 11.5. The molecule has 0 spiro atoms. The lowest BCUT2D eigenvalue weighted by atomic mass is 10.1. The van der Waals surface area contributed by atoms with Crippen LogP contribution in [0.3, 0.4) is 0 Å². The van der Waals surface area contributed by atoms with Crippen molar-refractivity contribution >= 4 is 23.3 Å². The van der Waals surface area contributed by atoms with E-state index in [0.29, 0.717) is 13.0 Å². The summed E-state index contributed by atoms with van der Waals surface area (Å²) in [5.74, 6) is -0.161. The molecule has 1 amide bonds. The molecule has 2 heterocycles. The highest BCUT2D eigenvalue weighted by atomic mass is 32.1. The zero-order valence-electron chi connectivity index (χ0n) is 10.3. The molecule has 5 heteroatoms. The number of carbonyl (C=O) groups is 1. The number of aliphatic hydroxyl groups is 1. The topological polar surface area (TPSA) is 62.5 Å². The Morgan fingerprint density at radius 3 is 3.11 bits per heavy atom. The number of thiophene rings is 1. The van der Waals surface area contributed by atoms with Gasteiger partial charge in [-0.15, -0.1) is 0 Å². The number of amides is 1. The van der Waals surface area contributed by atoms with Crippen LogP contribution in [0.5, 0.6) is 0 Å². The van der Waals surface area contributed by atoms with Gasteiger partial charge in [0.05, 0.1) is 18.6 Å². The molecule has 0 radical (unpaired) electrons. The Kier molecular flexibility index (Phi) is 4.94. The Morgan fingerprint density at radius 2 is 2.42 bits per heavy atom. The van der Waals surface area contributed by atoms with Gasteiger partial charge < -0.3 is 14.8 Å². The van der Waals surface area contributed by atoms with Gasteiger partial charge >= 0.3 is 0 Å². The third-order valence-electron chi connectivity index (χ3n) is 2.62. The maximum absolute atomic E-state index is 11.5. The number of carbonyl (C=O) groups excluding carboxylic acids is 1. The molecule has 2 aromatic heterocycles. The highest BCUT2D eigenvalue weighted by Crippen LogP contribution is 2.15. The molecule has 19 heavy (non-hydrogen) atoms. The maximum Gasteiger partial charge on any atom is 0.244 e. The first-order chi connectivity index (χ1) is 9.25. The van der Waals surface area contributed by atoms with Gasteiger partial charge in [0.1, 0.15) is 0 Å². The predicted octanol–water partition coefficient (Wildman–Crippen LogP) is 2.59. The van der Waals surface area contributed by atoms with Crippen LogP contribution in [-0.2, 0) is 4.79 Å². The van der Waals surface area contributed by atoms with Crippen molar-refractivity contribution in [1.29, 1.82) is 0 Å². The van der Waals surface area contributed by atoms with E-state index >= 15 is 0 Å². The van der Waals surface area contributed by atoms with E-state index in [0.717, 1.165) is 11.1 Å². The molecule has 0 saturated heterocycles. The molecule has 2 rings (SSSR count). The Morgan fingerprint density at radius 1 is 1.53 bits per heavy atom. The van der Waals surface area contributed by atoms with Crippen LogP contribution in [0.2, 0.25) is 0 Å². The van der Waals surface area contributed by atoms with Crippen molar-refractivity contribution in [3.8, 4) is 0 Å². The van der Waals surface area contributed by atoms with Crippen molar-refractivity contribution in [3.05, 3.63) is 52.6 Å². The summed E-state index contributed by atoms with van der Waals surface area (Å²) >= 11 is 1.59. The monoisotopic (exact) mass is 277 g/mol. The van der Waals surface area contributed by atoms with Crippen molar-refractivity contribution in [3.63, 3.8) is 0 Å². The molecule has 0 bridgehead atoms. The van der Waals surface area contributed by atoms with Gasteiger partial charge in [-0.05, 0) is 41.0 Å². The van der Waals surface area contributed by atoms with Gasteiger partial charge in [-0.25, -0.2) is 0 Å². The smallest absolute Gasteiger partial charge is 0.244 e. The van der Waals surface area contributed by atoms with Crippen LogP contribution in [0.25, 0.3) is 6.08 Å². The SMILES string of the molecule is O=C(/C=C/c1ccsc1)NCC[C@H](O)c1ccoc1. The number of hydrogen-bond acceptors (Lipinski definition) is 4. The fraction of sp³-hybridized carbons (Fsp3) is 0.214. The van der Waals surface area contributed by atoms with Crippen LogP contribution in [-0.4, -0.2) is 17.6 Å². The molecule has 4 nitrogen and oxygen atoms in total. The van der Waals surface area contributed by atoms with Gasteiger partial charge in [0.25, 0.3) is 0 Å². The van der Waals surface area contributed by atoms with Crippen LogP contribution in [0.1, 0.15) is 23.7 Å². The minimum absolute atomic E-state index is 0.161. The molecule has 0 unspecified atom stereocenters. The highest BCUT2D eigenvalue weighted by molar-refractivity contribution is 7.08. The van der Waals surface area contributed by atoms with Crippen LogP contribution in [0, 0.1) is 0 Å². The summed E-state index contributed by atoms with van der Waals surface area (Å²) in [6.07, 6.45) is 6.12. The van der Waals surface area contributed by atoms with Crippen LogP contribution in [0.15, 0.2) is 45.9 Å². The fourth-order valence-corrected chi connectivity index (χ4v) is 2.19. The summed E-state index contributed by atoms with van der Waals surface area (Å²) in [5, 5.41) is 16.4. The van der Waals surface area contributed by atoms with E-state index < -0.39 is 6.10 Å². The molecule has 2 N–H and O–H groups in total. The van der Waals surface area contributed by atoms with Gasteiger partial charge in [-0.1, -0.05) is 0 Å². The molecular formula is C14H15NO3S. The second-order valence-electron chi connectivity index (χ2n) is 4.04. The number of furan rings is 1. The highest BCUT2D eigenvalue weighted by Gasteiger charge is 2.08. The second-order valence-corrected chi connectivity index (χ2v) is 4.82. The third-order valence-corrected chi connectivity index (χ3v) is 3.32. The van der Waals surface area contributed by atoms with Gasteiger partial charge in [0.2, 0.25) is 5.91 Å². The summed E-state index contributed by atoms with van der Waals surface area (Å²) in [6, 6.07) is 3.65. The van der Waals surface area contributed by atoms with E-state index in [1.165, 1.54) is 18.6 Å². The average molecular weight is 277 g/mol. The number of rotatable bonds is 6. The normalized spacial score (nSPS) is 12.7. The van der Waals surface area contributed by atoms with Crippen LogP contribution >= 0.6 is 11.3 Å². The van der Waals surface area contributed by atoms with Crippen LogP contribution < -0.4 is 5.32 Å². The first-order valence-corrected chi connectivity index (χ1v) is 6.88. The predicted molar refractivity (Wildman–Crippen MR) is 74.6 cm³/mol. The fourth-order valence-electron chi connectivity index (χ4n) is 1.56. The summed E-state index contributed by atoms with van der Waals surface area (Å²) in [6.45, 7) is 0.416. The van der Waals surface area contributed by atoms with E-state index in [-0.39, 0.29) is 5.91 Å². The van der Waals surface area contributed by atoms with Gasteiger partial charge in [-0.3, -0.25) is 4.79 Å². The van der Waals surface area contributed by atoms with Crippen molar-refractivity contribution in [2.24, 2.45) is 0 Å². The van der Waals surface area contributed by atoms with Crippen molar-refractivity contribution in [1.82, 2.24) is 5.32 Å².